The lowest BCUT2D eigenvalue weighted by Gasteiger charge is -2.12. The van der Waals surface area contributed by atoms with Crippen molar-refractivity contribution >= 4 is 28.0 Å². The second-order valence-electron chi connectivity index (χ2n) is 6.73. The van der Waals surface area contributed by atoms with Crippen LogP contribution in [0.4, 0.5) is 0 Å². The molecule has 9 nitrogen and oxygen atoms in total. The Balaban J connectivity index is 1.58. The van der Waals surface area contributed by atoms with Gasteiger partial charge in [0.15, 0.2) is 11.2 Å². The first-order valence-corrected chi connectivity index (χ1v) is 8.75. The maximum Gasteiger partial charge on any atom is 0.332 e. The second-order valence-corrected chi connectivity index (χ2v) is 6.73. The summed E-state index contributed by atoms with van der Waals surface area (Å²) in [4.78, 5) is 41.1. The molecular formula is C19H19N5O4. The van der Waals surface area contributed by atoms with Gasteiger partial charge < -0.3 is 14.3 Å². The third-order valence-electron chi connectivity index (χ3n) is 4.78. The molecule has 0 aliphatic heterocycles. The fourth-order valence-corrected chi connectivity index (χ4v) is 3.25. The highest BCUT2D eigenvalue weighted by Crippen LogP contribution is 2.23. The maximum atomic E-state index is 12.5. The lowest BCUT2D eigenvalue weighted by atomic mass is 10.2. The van der Waals surface area contributed by atoms with Crippen molar-refractivity contribution in [3.63, 3.8) is 0 Å². The predicted molar refractivity (Wildman–Crippen MR) is 103 cm³/mol. The number of fused-ring (bicyclic) bond motifs is 2. The van der Waals surface area contributed by atoms with Gasteiger partial charge in [-0.2, -0.15) is 0 Å². The number of carbonyl (C=O) groups is 1. The molecule has 144 valence electrons. The van der Waals surface area contributed by atoms with Gasteiger partial charge in [-0.15, -0.1) is 0 Å². The van der Waals surface area contributed by atoms with E-state index in [0.29, 0.717) is 5.76 Å². The molecule has 0 bridgehead atoms. The van der Waals surface area contributed by atoms with Gasteiger partial charge in [0.2, 0.25) is 5.91 Å². The number of carbonyl (C=O) groups excluding carboxylic acids is 1. The van der Waals surface area contributed by atoms with Crippen LogP contribution >= 0.6 is 0 Å². The highest BCUT2D eigenvalue weighted by atomic mass is 16.3. The Labute approximate surface area is 158 Å². The van der Waals surface area contributed by atoms with Crippen LogP contribution in [0.5, 0.6) is 0 Å². The van der Waals surface area contributed by atoms with Crippen LogP contribution in [0.25, 0.3) is 22.1 Å². The van der Waals surface area contributed by atoms with Crippen molar-refractivity contribution in [3.8, 4) is 0 Å². The van der Waals surface area contributed by atoms with Crippen molar-refractivity contribution in [3.05, 3.63) is 63.3 Å². The molecule has 1 amide bonds. The number of hydrogen-bond donors (Lipinski definition) is 1. The van der Waals surface area contributed by atoms with E-state index in [4.69, 9.17) is 4.42 Å². The summed E-state index contributed by atoms with van der Waals surface area (Å²) in [7, 11) is 2.93. The number of furan rings is 1. The number of benzene rings is 1. The molecule has 0 aliphatic rings. The van der Waals surface area contributed by atoms with Crippen LogP contribution in [0, 0.1) is 0 Å². The quantitative estimate of drug-likeness (QED) is 0.569. The zero-order chi connectivity index (χ0) is 20.0. The Kier molecular flexibility index (Phi) is 4.14. The summed E-state index contributed by atoms with van der Waals surface area (Å²) in [6.07, 6.45) is 1.39. The van der Waals surface area contributed by atoms with Gasteiger partial charge in [0.25, 0.3) is 5.56 Å². The van der Waals surface area contributed by atoms with Crippen molar-refractivity contribution in [2.75, 3.05) is 0 Å². The summed E-state index contributed by atoms with van der Waals surface area (Å²) in [5.74, 6) is 0.339. The Morgan fingerprint density at radius 2 is 1.96 bits per heavy atom. The standard InChI is InChI=1S/C19H19N5O4/c1-11(14-8-12-6-4-5-7-13(12)28-14)21-15(25)9-24-10-20-17-16(24)18(26)23(3)19(27)22(17)2/h4-8,10-11H,9H2,1-3H3,(H,21,25)/t11-/m1/s1. The molecule has 1 atom stereocenters. The summed E-state index contributed by atoms with van der Waals surface area (Å²) in [6.45, 7) is 1.72. The first-order chi connectivity index (χ1) is 13.4. The smallest absolute Gasteiger partial charge is 0.332 e. The lowest BCUT2D eigenvalue weighted by Crippen LogP contribution is -2.38. The Morgan fingerprint density at radius 3 is 2.71 bits per heavy atom. The molecule has 0 saturated heterocycles. The molecule has 1 N–H and O–H groups in total. The van der Waals surface area contributed by atoms with Gasteiger partial charge >= 0.3 is 5.69 Å². The molecule has 0 fully saturated rings. The fourth-order valence-electron chi connectivity index (χ4n) is 3.25. The molecule has 4 aromatic rings. The number of hydrogen-bond acceptors (Lipinski definition) is 5. The molecule has 0 aliphatic carbocycles. The zero-order valence-corrected chi connectivity index (χ0v) is 15.7. The van der Waals surface area contributed by atoms with Gasteiger partial charge in [0.1, 0.15) is 17.9 Å². The normalized spacial score (nSPS) is 12.5. The van der Waals surface area contributed by atoms with Gasteiger partial charge in [0, 0.05) is 19.5 Å². The van der Waals surface area contributed by atoms with Gasteiger partial charge in [-0.3, -0.25) is 18.7 Å². The minimum absolute atomic E-state index is 0.103. The van der Waals surface area contributed by atoms with Gasteiger partial charge in [-0.05, 0) is 19.1 Å². The van der Waals surface area contributed by atoms with E-state index in [-0.39, 0.29) is 29.7 Å². The van der Waals surface area contributed by atoms with Crippen LogP contribution in [-0.4, -0.2) is 24.6 Å². The molecule has 1 aromatic carbocycles. The van der Waals surface area contributed by atoms with E-state index >= 15 is 0 Å². The average molecular weight is 381 g/mol. The number of nitrogens with zero attached hydrogens (tertiary/aromatic N) is 4. The summed E-state index contributed by atoms with van der Waals surface area (Å²) in [5.41, 5.74) is 0.241. The lowest BCUT2D eigenvalue weighted by molar-refractivity contribution is -0.122. The van der Waals surface area contributed by atoms with E-state index < -0.39 is 11.2 Å². The van der Waals surface area contributed by atoms with Crippen molar-refractivity contribution < 1.29 is 9.21 Å². The monoisotopic (exact) mass is 381 g/mol. The minimum atomic E-state index is -0.492. The van der Waals surface area contributed by atoms with Crippen LogP contribution in [0.2, 0.25) is 0 Å². The van der Waals surface area contributed by atoms with E-state index in [9.17, 15) is 14.4 Å². The first-order valence-electron chi connectivity index (χ1n) is 8.75. The number of nitrogens with one attached hydrogen (secondary N) is 1. The van der Waals surface area contributed by atoms with E-state index in [1.165, 1.54) is 29.6 Å². The summed E-state index contributed by atoms with van der Waals surface area (Å²) < 4.78 is 9.49. The van der Waals surface area contributed by atoms with Crippen LogP contribution in [0.15, 0.2) is 50.7 Å². The number of aromatic nitrogens is 4. The molecule has 3 heterocycles. The first kappa shape index (κ1) is 17.8. The van der Waals surface area contributed by atoms with E-state index in [0.717, 1.165) is 15.5 Å². The summed E-state index contributed by atoms with van der Waals surface area (Å²) >= 11 is 0. The highest BCUT2D eigenvalue weighted by molar-refractivity contribution is 5.80. The third kappa shape index (κ3) is 2.81. The summed E-state index contributed by atoms with van der Waals surface area (Å²) in [6, 6.07) is 9.15. The molecule has 0 saturated carbocycles. The molecule has 0 radical (unpaired) electrons. The molecule has 9 heteroatoms. The predicted octanol–water partition coefficient (Wildman–Crippen LogP) is 1.06. The SMILES string of the molecule is C[C@@H](NC(=O)Cn1cnc2c1c(=O)n(C)c(=O)n2C)c1cc2ccccc2o1. The minimum Gasteiger partial charge on any atom is -0.459 e. The van der Waals surface area contributed by atoms with Crippen molar-refractivity contribution in [2.24, 2.45) is 14.1 Å². The number of amides is 1. The van der Waals surface area contributed by atoms with Gasteiger partial charge in [-0.1, -0.05) is 18.2 Å². The van der Waals surface area contributed by atoms with Crippen molar-refractivity contribution in [1.82, 2.24) is 24.0 Å². The van der Waals surface area contributed by atoms with Crippen molar-refractivity contribution in [1.29, 1.82) is 0 Å². The van der Waals surface area contributed by atoms with E-state index in [1.807, 2.05) is 37.3 Å². The van der Waals surface area contributed by atoms with Crippen molar-refractivity contribution in [2.45, 2.75) is 19.5 Å². The topological polar surface area (TPSA) is 104 Å². The van der Waals surface area contributed by atoms with E-state index in [1.54, 1.807) is 0 Å². The molecule has 0 unspecified atom stereocenters. The largest absolute Gasteiger partial charge is 0.459 e. The average Bonchev–Trinajstić information content (AvgIpc) is 3.29. The second kappa shape index (κ2) is 6.52. The molecule has 4 rings (SSSR count). The summed E-state index contributed by atoms with van der Waals surface area (Å²) in [5, 5.41) is 3.82. The molecular weight excluding hydrogens is 362 g/mol. The van der Waals surface area contributed by atoms with E-state index in [2.05, 4.69) is 10.3 Å². The number of rotatable bonds is 4. The van der Waals surface area contributed by atoms with Crippen LogP contribution < -0.4 is 16.6 Å². The van der Waals surface area contributed by atoms with Crippen LogP contribution in [0.3, 0.4) is 0 Å². The molecule has 28 heavy (non-hydrogen) atoms. The fraction of sp³-hybridized carbons (Fsp3) is 0.263. The van der Waals surface area contributed by atoms with Gasteiger partial charge in [0.05, 0.1) is 12.4 Å². The molecule has 0 spiro atoms. The van der Waals surface area contributed by atoms with Gasteiger partial charge in [-0.25, -0.2) is 9.78 Å². The Morgan fingerprint density at radius 1 is 1.21 bits per heavy atom. The zero-order valence-electron chi connectivity index (χ0n) is 15.7. The van der Waals surface area contributed by atoms with Crippen LogP contribution in [0.1, 0.15) is 18.7 Å². The third-order valence-corrected chi connectivity index (χ3v) is 4.78. The van der Waals surface area contributed by atoms with Crippen LogP contribution in [-0.2, 0) is 25.4 Å². The Bertz CT molecular complexity index is 1290. The number of aryl methyl sites for hydroxylation is 1. The maximum absolute atomic E-state index is 12.5. The number of para-hydroxylation sites is 1. The number of imidazole rings is 1. The molecule has 3 aromatic heterocycles. The highest BCUT2D eigenvalue weighted by Gasteiger charge is 2.18. The Hall–Kier alpha value is -3.62.